The minimum Gasteiger partial charge on any atom is -0.461 e. The van der Waals surface area contributed by atoms with Gasteiger partial charge in [0.25, 0.3) is 10.0 Å². The van der Waals surface area contributed by atoms with Crippen LogP contribution in [0.1, 0.15) is 24.7 Å². The molecule has 1 aliphatic carbocycles. The van der Waals surface area contributed by atoms with Crippen molar-refractivity contribution in [1.29, 1.82) is 0 Å². The van der Waals surface area contributed by atoms with E-state index in [9.17, 15) is 8.42 Å². The maximum Gasteiger partial charge on any atom is 0.261 e. The molecule has 1 N–H and O–H groups in total. The highest BCUT2D eigenvalue weighted by molar-refractivity contribution is 7.92. The van der Waals surface area contributed by atoms with Crippen LogP contribution in [0.4, 0.5) is 5.69 Å². The van der Waals surface area contributed by atoms with E-state index in [-0.39, 0.29) is 4.90 Å². The highest BCUT2D eigenvalue weighted by atomic mass is 32.2. The Balaban J connectivity index is 1.71. The van der Waals surface area contributed by atoms with Gasteiger partial charge in [0.2, 0.25) is 0 Å². The Kier molecular flexibility index (Phi) is 3.61. The summed E-state index contributed by atoms with van der Waals surface area (Å²) in [6.07, 6.45) is 3.08. The van der Waals surface area contributed by atoms with Gasteiger partial charge >= 0.3 is 0 Å². The molecule has 124 valence electrons. The Hall–Kier alpha value is -2.27. The van der Waals surface area contributed by atoms with E-state index < -0.39 is 10.0 Å². The van der Waals surface area contributed by atoms with Gasteiger partial charge in [-0.25, -0.2) is 8.42 Å². The van der Waals surface area contributed by atoms with Gasteiger partial charge in [-0.15, -0.1) is 0 Å². The van der Waals surface area contributed by atoms with E-state index in [2.05, 4.69) is 11.6 Å². The average Bonchev–Trinajstić information content (AvgIpc) is 2.92. The number of nitrogens with one attached hydrogen (secondary N) is 1. The molecule has 1 aromatic heterocycles. The van der Waals surface area contributed by atoms with Crippen molar-refractivity contribution in [3.05, 3.63) is 59.9 Å². The second-order valence-electron chi connectivity index (χ2n) is 6.48. The largest absolute Gasteiger partial charge is 0.461 e. The van der Waals surface area contributed by atoms with E-state index in [0.717, 1.165) is 36.0 Å². The van der Waals surface area contributed by atoms with Crippen molar-refractivity contribution >= 4 is 26.7 Å². The van der Waals surface area contributed by atoms with Crippen molar-refractivity contribution < 1.29 is 12.8 Å². The molecule has 5 heteroatoms. The molecule has 0 saturated heterocycles. The van der Waals surface area contributed by atoms with Gasteiger partial charge in [0, 0.05) is 23.1 Å². The van der Waals surface area contributed by atoms with E-state index >= 15 is 0 Å². The molecule has 24 heavy (non-hydrogen) atoms. The molecule has 4 rings (SSSR count). The topological polar surface area (TPSA) is 59.3 Å². The van der Waals surface area contributed by atoms with Gasteiger partial charge in [0.15, 0.2) is 0 Å². The SMILES string of the molecule is C[C@H]1CCc2c(oc3ccc(NS(=O)(=O)c4ccccc4)cc23)C1. The molecule has 0 saturated carbocycles. The van der Waals surface area contributed by atoms with Crippen LogP contribution < -0.4 is 4.72 Å². The number of hydrogen-bond acceptors (Lipinski definition) is 3. The Morgan fingerprint density at radius 2 is 1.92 bits per heavy atom. The maximum absolute atomic E-state index is 12.5. The molecule has 1 atom stereocenters. The Morgan fingerprint density at radius 3 is 2.71 bits per heavy atom. The predicted octanol–water partition coefficient (Wildman–Crippen LogP) is 4.36. The first-order chi connectivity index (χ1) is 11.5. The summed E-state index contributed by atoms with van der Waals surface area (Å²) in [5, 5.41) is 1.02. The highest BCUT2D eigenvalue weighted by Gasteiger charge is 2.22. The van der Waals surface area contributed by atoms with Crippen molar-refractivity contribution in [3.8, 4) is 0 Å². The molecule has 0 unspecified atom stereocenters. The lowest BCUT2D eigenvalue weighted by atomic mass is 9.88. The zero-order valence-corrected chi connectivity index (χ0v) is 14.3. The molecule has 3 aromatic rings. The summed E-state index contributed by atoms with van der Waals surface area (Å²) in [6.45, 7) is 2.23. The van der Waals surface area contributed by atoms with Gasteiger partial charge in [0.05, 0.1) is 4.90 Å². The number of benzene rings is 2. The monoisotopic (exact) mass is 341 g/mol. The Labute approximate surface area is 141 Å². The number of fused-ring (bicyclic) bond motifs is 3. The Bertz CT molecular complexity index is 990. The summed E-state index contributed by atoms with van der Waals surface area (Å²) in [5.74, 6) is 1.68. The van der Waals surface area contributed by atoms with Crippen LogP contribution in [-0.4, -0.2) is 8.42 Å². The maximum atomic E-state index is 12.5. The van der Waals surface area contributed by atoms with Crippen LogP contribution in [0.15, 0.2) is 57.8 Å². The van der Waals surface area contributed by atoms with Crippen LogP contribution in [0.25, 0.3) is 11.0 Å². The van der Waals surface area contributed by atoms with Crippen molar-refractivity contribution in [3.63, 3.8) is 0 Å². The van der Waals surface area contributed by atoms with Crippen LogP contribution in [0.5, 0.6) is 0 Å². The minimum atomic E-state index is -3.58. The van der Waals surface area contributed by atoms with Crippen LogP contribution in [0, 0.1) is 5.92 Å². The summed E-state index contributed by atoms with van der Waals surface area (Å²) in [7, 11) is -3.58. The molecular formula is C19H19NO3S. The second kappa shape index (κ2) is 5.67. The molecule has 4 nitrogen and oxygen atoms in total. The van der Waals surface area contributed by atoms with E-state index in [4.69, 9.17) is 4.42 Å². The summed E-state index contributed by atoms with van der Waals surface area (Å²) in [4.78, 5) is 0.258. The van der Waals surface area contributed by atoms with Gasteiger partial charge in [-0.1, -0.05) is 25.1 Å². The summed E-state index contributed by atoms with van der Waals surface area (Å²) >= 11 is 0. The normalized spacial score (nSPS) is 17.6. The first-order valence-corrected chi connectivity index (χ1v) is 9.63. The van der Waals surface area contributed by atoms with Crippen molar-refractivity contribution in [2.75, 3.05) is 4.72 Å². The van der Waals surface area contributed by atoms with Crippen LogP contribution in [0.2, 0.25) is 0 Å². The lowest BCUT2D eigenvalue weighted by Crippen LogP contribution is -2.12. The average molecular weight is 341 g/mol. The third-order valence-corrected chi connectivity index (χ3v) is 6.00. The van der Waals surface area contributed by atoms with Gasteiger partial charge in [0.1, 0.15) is 11.3 Å². The quantitative estimate of drug-likeness (QED) is 0.770. The highest BCUT2D eigenvalue weighted by Crippen LogP contribution is 2.35. The standard InChI is InChI=1S/C19H19NO3S/c1-13-7-9-16-17-12-14(8-10-18(17)23-19(16)11-13)20-24(21,22)15-5-3-2-4-6-15/h2-6,8,10,12-13,20H,7,9,11H2,1H3/t13-/m0/s1. The molecular weight excluding hydrogens is 322 g/mol. The summed E-state index contributed by atoms with van der Waals surface area (Å²) in [5.41, 5.74) is 2.62. The lowest BCUT2D eigenvalue weighted by molar-refractivity contribution is 0.426. The van der Waals surface area contributed by atoms with Gasteiger partial charge < -0.3 is 4.42 Å². The van der Waals surface area contributed by atoms with E-state index in [1.807, 2.05) is 12.1 Å². The number of furan rings is 1. The van der Waals surface area contributed by atoms with Crippen LogP contribution in [0.3, 0.4) is 0 Å². The third kappa shape index (κ3) is 2.69. The van der Waals surface area contributed by atoms with Crippen molar-refractivity contribution in [2.45, 2.75) is 31.1 Å². The summed E-state index contributed by atoms with van der Waals surface area (Å²) < 4.78 is 33.6. The third-order valence-electron chi connectivity index (χ3n) is 4.60. The van der Waals surface area contributed by atoms with Crippen LogP contribution in [-0.2, 0) is 22.9 Å². The first-order valence-electron chi connectivity index (χ1n) is 8.15. The molecule has 0 amide bonds. The number of rotatable bonds is 3. The zero-order chi connectivity index (χ0) is 16.7. The van der Waals surface area contributed by atoms with Gasteiger partial charge in [-0.05, 0) is 49.1 Å². The van der Waals surface area contributed by atoms with E-state index in [0.29, 0.717) is 11.6 Å². The lowest BCUT2D eigenvalue weighted by Gasteiger charge is -2.16. The molecule has 2 aromatic carbocycles. The molecule has 0 fully saturated rings. The minimum absolute atomic E-state index is 0.258. The summed E-state index contributed by atoms with van der Waals surface area (Å²) in [6, 6.07) is 13.9. The molecule has 1 aliphatic rings. The van der Waals surface area contributed by atoms with Crippen molar-refractivity contribution in [1.82, 2.24) is 0 Å². The molecule has 1 heterocycles. The second-order valence-corrected chi connectivity index (χ2v) is 8.16. The fraction of sp³-hybridized carbons (Fsp3) is 0.263. The molecule has 0 aliphatic heterocycles. The van der Waals surface area contributed by atoms with Crippen molar-refractivity contribution in [2.24, 2.45) is 5.92 Å². The first kappa shape index (κ1) is 15.3. The molecule has 0 bridgehead atoms. The van der Waals surface area contributed by atoms with Gasteiger partial charge in [-0.2, -0.15) is 0 Å². The van der Waals surface area contributed by atoms with Crippen LogP contribution >= 0.6 is 0 Å². The fourth-order valence-electron chi connectivity index (χ4n) is 3.32. The number of sulfonamides is 1. The van der Waals surface area contributed by atoms with E-state index in [1.54, 1.807) is 36.4 Å². The number of aryl methyl sites for hydroxylation is 1. The predicted molar refractivity (Wildman–Crippen MR) is 94.7 cm³/mol. The molecule has 0 spiro atoms. The Morgan fingerprint density at radius 1 is 1.12 bits per heavy atom. The number of anilines is 1. The van der Waals surface area contributed by atoms with Gasteiger partial charge in [-0.3, -0.25) is 4.72 Å². The fourth-order valence-corrected chi connectivity index (χ4v) is 4.40. The number of hydrogen-bond donors (Lipinski definition) is 1. The van der Waals surface area contributed by atoms with E-state index in [1.165, 1.54) is 5.56 Å². The zero-order valence-electron chi connectivity index (χ0n) is 13.5. The molecule has 0 radical (unpaired) electrons. The smallest absolute Gasteiger partial charge is 0.261 e.